The molecule has 111 valence electrons. The Bertz CT molecular complexity index is 540. The highest BCUT2D eigenvalue weighted by atomic mass is 16.5. The largest absolute Gasteiger partial charge is 0.452 e. The molecule has 2 N–H and O–H groups in total. The lowest BCUT2D eigenvalue weighted by atomic mass is 10.1. The lowest BCUT2D eigenvalue weighted by Gasteiger charge is -2.01. The van der Waals surface area contributed by atoms with Crippen LogP contribution < -0.4 is 11.1 Å². The van der Waals surface area contributed by atoms with Crippen LogP contribution in [0.3, 0.4) is 0 Å². The number of nitrogens with one attached hydrogen (secondary N) is 2. The number of rotatable bonds is 6. The molecule has 0 heterocycles. The van der Waals surface area contributed by atoms with Gasteiger partial charge in [0.2, 0.25) is 5.91 Å². The standard InChI is InChI=1S/C13H15N4O4/c1-9(18)15-6-7-21-13(20)17-16-8-10-2-4-11(5-3-10)12(14)19/h2-5,14H,6-8H2,1H3,(H,15,18)/b17-16+. The summed E-state index contributed by atoms with van der Waals surface area (Å²) in [4.78, 5) is 32.5. The molecule has 0 aromatic heterocycles. The van der Waals surface area contributed by atoms with Crippen LogP contribution in [0.4, 0.5) is 4.79 Å². The third-order valence-electron chi connectivity index (χ3n) is 2.32. The zero-order valence-corrected chi connectivity index (χ0v) is 11.5. The Hall–Kier alpha value is -2.77. The quantitative estimate of drug-likeness (QED) is 0.627. The number of benzene rings is 1. The summed E-state index contributed by atoms with van der Waals surface area (Å²) in [7, 11) is 0. The minimum Gasteiger partial charge on any atom is -0.445 e. The highest BCUT2D eigenvalue weighted by Gasteiger charge is 2.01. The number of nitrogens with zero attached hydrogens (tertiary/aromatic N) is 2. The number of hydrogen-bond acceptors (Lipinski definition) is 5. The van der Waals surface area contributed by atoms with Crippen molar-refractivity contribution < 1.29 is 19.1 Å². The maximum atomic E-state index is 11.2. The van der Waals surface area contributed by atoms with Gasteiger partial charge in [0.25, 0.3) is 5.91 Å². The van der Waals surface area contributed by atoms with Crippen molar-refractivity contribution in [1.82, 2.24) is 11.1 Å². The smallest absolute Gasteiger partial charge is 0.445 e. The zero-order chi connectivity index (χ0) is 15.7. The first-order valence-electron chi connectivity index (χ1n) is 6.12. The van der Waals surface area contributed by atoms with E-state index in [1.54, 1.807) is 12.1 Å². The molecule has 1 rings (SSSR count). The molecule has 0 aliphatic heterocycles. The first kappa shape index (κ1) is 16.3. The summed E-state index contributed by atoms with van der Waals surface area (Å²) >= 11 is 0. The van der Waals surface area contributed by atoms with Crippen LogP contribution in [-0.4, -0.2) is 31.1 Å². The van der Waals surface area contributed by atoms with Crippen LogP contribution in [-0.2, 0) is 16.1 Å². The summed E-state index contributed by atoms with van der Waals surface area (Å²) in [5.41, 5.74) is 7.95. The van der Waals surface area contributed by atoms with E-state index in [4.69, 9.17) is 10.5 Å². The Morgan fingerprint density at radius 3 is 2.48 bits per heavy atom. The number of carbonyl (C=O) groups excluding carboxylic acids is 3. The molecular formula is C13H15N4O4. The van der Waals surface area contributed by atoms with Crippen molar-refractivity contribution in [1.29, 1.82) is 0 Å². The maximum Gasteiger partial charge on any atom is 0.452 e. The van der Waals surface area contributed by atoms with Crippen molar-refractivity contribution in [3.63, 3.8) is 0 Å². The summed E-state index contributed by atoms with van der Waals surface area (Å²) in [6.07, 6.45) is -0.835. The zero-order valence-electron chi connectivity index (χ0n) is 11.5. The Morgan fingerprint density at radius 1 is 1.24 bits per heavy atom. The summed E-state index contributed by atoms with van der Waals surface area (Å²) in [6.45, 7) is 1.77. The summed E-state index contributed by atoms with van der Waals surface area (Å²) in [6, 6.07) is 6.27. The van der Waals surface area contributed by atoms with E-state index in [1.165, 1.54) is 19.1 Å². The average molecular weight is 291 g/mol. The molecule has 0 fully saturated rings. The molecule has 1 radical (unpaired) electrons. The summed E-state index contributed by atoms with van der Waals surface area (Å²) in [5, 5.41) is 9.47. The molecule has 0 saturated heterocycles. The second-order valence-corrected chi connectivity index (χ2v) is 4.02. The van der Waals surface area contributed by atoms with Gasteiger partial charge < -0.3 is 10.1 Å². The molecule has 0 atom stereocenters. The van der Waals surface area contributed by atoms with Crippen LogP contribution in [0.25, 0.3) is 0 Å². The fourth-order valence-corrected chi connectivity index (χ4v) is 1.33. The molecule has 8 heteroatoms. The highest BCUT2D eigenvalue weighted by Crippen LogP contribution is 2.05. The van der Waals surface area contributed by atoms with Crippen LogP contribution in [0.1, 0.15) is 22.8 Å². The summed E-state index contributed by atoms with van der Waals surface area (Å²) in [5.74, 6) is -0.965. The number of azo groups is 1. The van der Waals surface area contributed by atoms with Gasteiger partial charge in [-0.25, -0.2) is 4.79 Å². The van der Waals surface area contributed by atoms with Crippen molar-refractivity contribution in [2.75, 3.05) is 13.2 Å². The molecule has 8 nitrogen and oxygen atoms in total. The number of carbonyl (C=O) groups is 3. The molecule has 0 aliphatic carbocycles. The molecule has 21 heavy (non-hydrogen) atoms. The van der Waals surface area contributed by atoms with Gasteiger partial charge >= 0.3 is 6.09 Å². The van der Waals surface area contributed by atoms with E-state index in [-0.39, 0.29) is 31.2 Å². The Morgan fingerprint density at radius 2 is 1.90 bits per heavy atom. The lowest BCUT2D eigenvalue weighted by Crippen LogP contribution is -2.24. The molecule has 1 aromatic rings. The third kappa shape index (κ3) is 6.81. The van der Waals surface area contributed by atoms with Crippen molar-refractivity contribution >= 4 is 17.9 Å². The predicted octanol–water partition coefficient (Wildman–Crippen LogP) is 1.33. The molecule has 1 aromatic carbocycles. The van der Waals surface area contributed by atoms with Gasteiger partial charge in [0, 0.05) is 12.5 Å². The van der Waals surface area contributed by atoms with Crippen LogP contribution in [0.15, 0.2) is 34.5 Å². The van der Waals surface area contributed by atoms with E-state index >= 15 is 0 Å². The normalized spacial score (nSPS) is 10.3. The molecule has 3 amide bonds. The topological polar surface area (TPSA) is 121 Å². The van der Waals surface area contributed by atoms with Crippen LogP contribution in [0, 0.1) is 0 Å². The van der Waals surface area contributed by atoms with Gasteiger partial charge in [0.15, 0.2) is 0 Å². The molecule has 0 spiro atoms. The second kappa shape index (κ2) is 8.41. The number of hydrogen-bond donors (Lipinski definition) is 1. The minimum absolute atomic E-state index is 0.0255. The maximum absolute atomic E-state index is 11.2. The Kier molecular flexibility index (Phi) is 6.52. The lowest BCUT2D eigenvalue weighted by molar-refractivity contribution is -0.119. The van der Waals surface area contributed by atoms with Gasteiger partial charge in [0.05, 0.1) is 13.1 Å². The van der Waals surface area contributed by atoms with E-state index in [9.17, 15) is 14.4 Å². The van der Waals surface area contributed by atoms with Crippen LogP contribution >= 0.6 is 0 Å². The SMILES string of the molecule is CC(=O)NCCOC(=O)/N=N/Cc1ccc(C([NH])=O)cc1. The first-order valence-corrected chi connectivity index (χ1v) is 6.12. The fraction of sp³-hybridized carbons (Fsp3) is 0.308. The monoisotopic (exact) mass is 291 g/mol. The van der Waals surface area contributed by atoms with Crippen molar-refractivity contribution in [2.45, 2.75) is 13.5 Å². The van der Waals surface area contributed by atoms with Gasteiger partial charge in [-0.1, -0.05) is 17.2 Å². The van der Waals surface area contributed by atoms with Gasteiger partial charge in [-0.05, 0) is 17.7 Å². The fourth-order valence-electron chi connectivity index (χ4n) is 1.33. The predicted molar refractivity (Wildman–Crippen MR) is 72.5 cm³/mol. The molecule has 0 saturated carbocycles. The van der Waals surface area contributed by atoms with Gasteiger partial charge in [0.1, 0.15) is 6.61 Å². The van der Waals surface area contributed by atoms with Crippen LogP contribution in [0.5, 0.6) is 0 Å². The molecular weight excluding hydrogens is 276 g/mol. The van der Waals surface area contributed by atoms with E-state index in [2.05, 4.69) is 15.5 Å². The van der Waals surface area contributed by atoms with Crippen LogP contribution in [0.2, 0.25) is 0 Å². The molecule has 0 aliphatic rings. The average Bonchev–Trinajstić information content (AvgIpc) is 2.44. The van der Waals surface area contributed by atoms with E-state index in [0.717, 1.165) is 5.56 Å². The Balaban J connectivity index is 2.31. The number of ether oxygens (including phenoxy) is 1. The number of amides is 3. The van der Waals surface area contributed by atoms with E-state index < -0.39 is 12.0 Å². The van der Waals surface area contributed by atoms with Gasteiger partial charge in [-0.3, -0.25) is 15.3 Å². The first-order chi connectivity index (χ1) is 9.99. The Labute approximate surface area is 121 Å². The van der Waals surface area contributed by atoms with E-state index in [1.807, 2.05) is 0 Å². The molecule has 0 bridgehead atoms. The molecule has 0 unspecified atom stereocenters. The minimum atomic E-state index is -0.835. The van der Waals surface area contributed by atoms with Gasteiger partial charge in [-0.2, -0.15) is 5.11 Å². The van der Waals surface area contributed by atoms with E-state index in [0.29, 0.717) is 0 Å². The summed E-state index contributed by atoms with van der Waals surface area (Å²) < 4.78 is 4.70. The van der Waals surface area contributed by atoms with Crippen molar-refractivity contribution in [3.8, 4) is 0 Å². The van der Waals surface area contributed by atoms with Crippen molar-refractivity contribution in [2.24, 2.45) is 10.2 Å². The van der Waals surface area contributed by atoms with Crippen molar-refractivity contribution in [3.05, 3.63) is 35.4 Å². The third-order valence-corrected chi connectivity index (χ3v) is 2.32. The second-order valence-electron chi connectivity index (χ2n) is 4.02. The van der Waals surface area contributed by atoms with Gasteiger partial charge in [-0.15, -0.1) is 0 Å². The highest BCUT2D eigenvalue weighted by molar-refractivity contribution is 5.92.